The lowest BCUT2D eigenvalue weighted by atomic mass is 9.92. The second kappa shape index (κ2) is 4.49. The van der Waals surface area contributed by atoms with Crippen LogP contribution in [0.1, 0.15) is 6.42 Å². The molecule has 0 radical (unpaired) electrons. The zero-order valence-electron chi connectivity index (χ0n) is 11.2. The Labute approximate surface area is 116 Å². The number of methoxy groups -OCH3 is 1. The molecule has 3 saturated heterocycles. The first-order valence-corrected chi connectivity index (χ1v) is 6.81. The molecule has 1 aromatic heterocycles. The maximum atomic E-state index is 5.39. The molecule has 0 spiro atoms. The number of hydrogen-bond donors (Lipinski definition) is 1. The summed E-state index contributed by atoms with van der Waals surface area (Å²) in [4.78, 5) is 6.66. The van der Waals surface area contributed by atoms with Gasteiger partial charge in [0.05, 0.1) is 7.11 Å². The Morgan fingerprint density at radius 1 is 1.25 bits per heavy atom. The molecule has 0 amide bonds. The Balaban J connectivity index is 1.54. The Morgan fingerprint density at radius 2 is 1.95 bits per heavy atom. The number of fused-ring (bicyclic) bond motifs is 2. The molecule has 0 aliphatic carbocycles. The smallest absolute Gasteiger partial charge is 0.324 e. The van der Waals surface area contributed by atoms with Crippen molar-refractivity contribution in [1.29, 1.82) is 0 Å². The summed E-state index contributed by atoms with van der Waals surface area (Å²) in [5.74, 6) is 1.44. The normalized spacial score (nSPS) is 24.4. The van der Waals surface area contributed by atoms with Crippen molar-refractivity contribution in [1.82, 2.24) is 15.5 Å². The molecule has 104 valence electrons. The molecule has 5 rings (SSSR count). The van der Waals surface area contributed by atoms with Gasteiger partial charge >= 0.3 is 6.01 Å². The van der Waals surface area contributed by atoms with Crippen molar-refractivity contribution in [3.8, 4) is 17.1 Å². The van der Waals surface area contributed by atoms with E-state index < -0.39 is 0 Å². The average molecular weight is 272 g/mol. The molecule has 4 heterocycles. The topological polar surface area (TPSA) is 63.4 Å². The molecule has 2 unspecified atom stereocenters. The van der Waals surface area contributed by atoms with Crippen LogP contribution in [0.3, 0.4) is 0 Å². The first-order valence-electron chi connectivity index (χ1n) is 6.81. The van der Waals surface area contributed by atoms with Gasteiger partial charge in [0.1, 0.15) is 5.75 Å². The van der Waals surface area contributed by atoms with Crippen LogP contribution in [0, 0.1) is 0 Å². The molecule has 1 N–H and O–H groups in total. The zero-order chi connectivity index (χ0) is 13.5. The Bertz CT molecular complexity index is 594. The molecule has 20 heavy (non-hydrogen) atoms. The lowest BCUT2D eigenvalue weighted by molar-refractivity contribution is 0.216. The number of benzene rings is 1. The molecule has 6 heteroatoms. The standard InChI is InChI=1S/C14H16N4O2/c1-19-12-4-2-9(3-5-12)13-16-14(20-17-13)18-7-10-6-11(8-18)15-10/h2-5,10-11,15H,6-8H2,1H3. The SMILES string of the molecule is COc1ccc(-c2noc(N3CC4CC(C3)N4)n2)cc1. The minimum atomic E-state index is 0.574. The first kappa shape index (κ1) is 11.7. The predicted octanol–water partition coefficient (Wildman–Crippen LogP) is 1.30. The third-order valence-corrected chi connectivity index (χ3v) is 3.96. The number of rotatable bonds is 3. The highest BCUT2D eigenvalue weighted by atomic mass is 16.5. The highest BCUT2D eigenvalue weighted by Gasteiger charge is 2.38. The number of aromatic nitrogens is 2. The third-order valence-electron chi connectivity index (χ3n) is 3.96. The number of piperidine rings is 1. The molecule has 3 aliphatic rings. The summed E-state index contributed by atoms with van der Waals surface area (Å²) in [6.07, 6.45) is 1.26. The van der Waals surface area contributed by atoms with Gasteiger partial charge < -0.3 is 19.5 Å². The van der Waals surface area contributed by atoms with Gasteiger partial charge in [-0.25, -0.2) is 0 Å². The molecule has 2 bridgehead atoms. The van der Waals surface area contributed by atoms with Gasteiger partial charge in [-0.3, -0.25) is 0 Å². The average Bonchev–Trinajstić information content (AvgIpc) is 2.97. The highest BCUT2D eigenvalue weighted by Crippen LogP contribution is 2.27. The maximum absolute atomic E-state index is 5.39. The van der Waals surface area contributed by atoms with Crippen LogP contribution in [0.5, 0.6) is 5.75 Å². The number of hydrogen-bond acceptors (Lipinski definition) is 6. The molecule has 3 fully saturated rings. The van der Waals surface area contributed by atoms with Gasteiger partial charge in [-0.2, -0.15) is 4.98 Å². The minimum Gasteiger partial charge on any atom is -0.497 e. The fourth-order valence-electron chi connectivity index (χ4n) is 2.87. The van der Waals surface area contributed by atoms with Gasteiger partial charge in [0.25, 0.3) is 0 Å². The quantitative estimate of drug-likeness (QED) is 0.908. The number of piperazine rings is 1. The molecule has 2 aromatic rings. The fourth-order valence-corrected chi connectivity index (χ4v) is 2.87. The van der Waals surface area contributed by atoms with E-state index in [1.54, 1.807) is 7.11 Å². The van der Waals surface area contributed by atoms with Crippen molar-refractivity contribution in [3.05, 3.63) is 24.3 Å². The zero-order valence-corrected chi connectivity index (χ0v) is 11.2. The Hall–Kier alpha value is -2.08. The summed E-state index contributed by atoms with van der Waals surface area (Å²) >= 11 is 0. The largest absolute Gasteiger partial charge is 0.497 e. The fraction of sp³-hybridized carbons (Fsp3) is 0.429. The number of nitrogens with zero attached hydrogens (tertiary/aromatic N) is 3. The van der Waals surface area contributed by atoms with Gasteiger partial charge in [0.2, 0.25) is 5.82 Å². The van der Waals surface area contributed by atoms with Crippen molar-refractivity contribution in [2.24, 2.45) is 0 Å². The van der Waals surface area contributed by atoms with Crippen molar-refractivity contribution < 1.29 is 9.26 Å². The Morgan fingerprint density at radius 3 is 2.60 bits per heavy atom. The minimum absolute atomic E-state index is 0.574. The number of anilines is 1. The van der Waals surface area contributed by atoms with Crippen LogP contribution >= 0.6 is 0 Å². The van der Waals surface area contributed by atoms with Crippen LogP contribution < -0.4 is 15.0 Å². The summed E-state index contributed by atoms with van der Waals surface area (Å²) in [6, 6.07) is 9.42. The van der Waals surface area contributed by atoms with Gasteiger partial charge in [-0.1, -0.05) is 5.16 Å². The maximum Gasteiger partial charge on any atom is 0.324 e. The Kier molecular flexibility index (Phi) is 2.63. The van der Waals surface area contributed by atoms with Crippen LogP contribution in [0.15, 0.2) is 28.8 Å². The van der Waals surface area contributed by atoms with Crippen LogP contribution in [0.4, 0.5) is 6.01 Å². The van der Waals surface area contributed by atoms with Crippen molar-refractivity contribution in [2.45, 2.75) is 18.5 Å². The van der Waals surface area contributed by atoms with E-state index in [0.29, 0.717) is 23.9 Å². The van der Waals surface area contributed by atoms with Crippen LogP contribution in [0.2, 0.25) is 0 Å². The van der Waals surface area contributed by atoms with Gasteiger partial charge in [0, 0.05) is 30.7 Å². The third kappa shape index (κ3) is 1.92. The molecule has 2 atom stereocenters. The summed E-state index contributed by atoms with van der Waals surface area (Å²) in [6.45, 7) is 1.89. The van der Waals surface area contributed by atoms with Gasteiger partial charge in [-0.05, 0) is 30.7 Å². The molecule has 6 nitrogen and oxygen atoms in total. The summed E-state index contributed by atoms with van der Waals surface area (Å²) in [5.41, 5.74) is 0.932. The molecular formula is C14H16N4O2. The van der Waals surface area contributed by atoms with Crippen molar-refractivity contribution >= 4 is 6.01 Å². The first-order chi connectivity index (χ1) is 9.81. The number of nitrogens with one attached hydrogen (secondary N) is 1. The van der Waals surface area contributed by atoms with Crippen molar-refractivity contribution in [3.63, 3.8) is 0 Å². The van der Waals surface area contributed by atoms with E-state index in [0.717, 1.165) is 24.4 Å². The molecule has 3 aliphatic heterocycles. The number of ether oxygens (including phenoxy) is 1. The summed E-state index contributed by atoms with van der Waals surface area (Å²) in [5, 5.41) is 7.55. The van der Waals surface area contributed by atoms with E-state index in [2.05, 4.69) is 20.4 Å². The highest BCUT2D eigenvalue weighted by molar-refractivity contribution is 5.57. The van der Waals surface area contributed by atoms with E-state index in [-0.39, 0.29) is 0 Å². The van der Waals surface area contributed by atoms with Crippen LogP contribution in [0.25, 0.3) is 11.4 Å². The van der Waals surface area contributed by atoms with Crippen LogP contribution in [-0.2, 0) is 0 Å². The lowest BCUT2D eigenvalue weighted by Crippen LogP contribution is -2.67. The molecule has 1 aromatic carbocycles. The van der Waals surface area contributed by atoms with E-state index in [9.17, 15) is 0 Å². The van der Waals surface area contributed by atoms with Gasteiger partial charge in [-0.15, -0.1) is 0 Å². The molecular weight excluding hydrogens is 256 g/mol. The van der Waals surface area contributed by atoms with E-state index in [1.165, 1.54) is 6.42 Å². The van der Waals surface area contributed by atoms with Crippen molar-refractivity contribution in [2.75, 3.05) is 25.1 Å². The monoisotopic (exact) mass is 272 g/mol. The second-order valence-corrected chi connectivity index (χ2v) is 5.33. The van der Waals surface area contributed by atoms with Crippen LogP contribution in [-0.4, -0.2) is 42.4 Å². The van der Waals surface area contributed by atoms with E-state index >= 15 is 0 Å². The summed E-state index contributed by atoms with van der Waals surface area (Å²) in [7, 11) is 1.65. The summed E-state index contributed by atoms with van der Waals surface area (Å²) < 4.78 is 10.5. The second-order valence-electron chi connectivity index (χ2n) is 5.33. The molecule has 0 saturated carbocycles. The van der Waals surface area contributed by atoms with Gasteiger partial charge in [0.15, 0.2) is 0 Å². The predicted molar refractivity (Wildman–Crippen MR) is 73.8 cm³/mol. The van der Waals surface area contributed by atoms with E-state index in [1.807, 2.05) is 24.3 Å². The van der Waals surface area contributed by atoms with E-state index in [4.69, 9.17) is 9.26 Å². The lowest BCUT2D eigenvalue weighted by Gasteiger charge is -2.47.